The van der Waals surface area contributed by atoms with Gasteiger partial charge in [-0.05, 0) is 19.1 Å². The summed E-state index contributed by atoms with van der Waals surface area (Å²) in [6.07, 6.45) is 1.72. The molecule has 100 valence electrons. The Kier molecular flexibility index (Phi) is 3.64. The first-order chi connectivity index (χ1) is 9.06. The Morgan fingerprint density at radius 3 is 2.74 bits per heavy atom. The highest BCUT2D eigenvalue weighted by molar-refractivity contribution is 6.00. The topological polar surface area (TPSA) is 60.7 Å². The van der Waals surface area contributed by atoms with Gasteiger partial charge in [0, 0.05) is 12.1 Å². The number of imidazole rings is 1. The standard InChI is InChI=1S/C14H16N2O3/c1-4-19-14(18)11-10-7-5-6-8-16(10)13(15-11)12(17)9(2)3/h5-9H,4H2,1-3H3. The smallest absolute Gasteiger partial charge is 0.359 e. The highest BCUT2D eigenvalue weighted by Gasteiger charge is 2.23. The number of carbonyl (C=O) groups is 2. The molecule has 0 radical (unpaired) electrons. The van der Waals surface area contributed by atoms with Gasteiger partial charge in [-0.1, -0.05) is 19.9 Å². The molecule has 5 heteroatoms. The van der Waals surface area contributed by atoms with Gasteiger partial charge in [0.2, 0.25) is 5.78 Å². The normalized spacial score (nSPS) is 10.9. The van der Waals surface area contributed by atoms with Crippen molar-refractivity contribution in [2.75, 3.05) is 6.61 Å². The molecule has 0 unspecified atom stereocenters. The number of fused-ring (bicyclic) bond motifs is 1. The van der Waals surface area contributed by atoms with Crippen LogP contribution in [0.1, 0.15) is 41.9 Å². The van der Waals surface area contributed by atoms with Gasteiger partial charge in [-0.2, -0.15) is 0 Å². The lowest BCUT2D eigenvalue weighted by Gasteiger charge is -2.02. The van der Waals surface area contributed by atoms with Gasteiger partial charge in [-0.3, -0.25) is 9.20 Å². The van der Waals surface area contributed by atoms with Crippen molar-refractivity contribution in [1.29, 1.82) is 0 Å². The number of hydrogen-bond donors (Lipinski definition) is 0. The van der Waals surface area contributed by atoms with Crippen LogP contribution in [0.3, 0.4) is 0 Å². The third kappa shape index (κ3) is 2.36. The maximum absolute atomic E-state index is 12.1. The molecule has 2 aromatic rings. The van der Waals surface area contributed by atoms with Gasteiger partial charge in [-0.15, -0.1) is 0 Å². The van der Waals surface area contributed by atoms with E-state index < -0.39 is 5.97 Å². The maximum atomic E-state index is 12.1. The van der Waals surface area contributed by atoms with Crippen LogP contribution in [0.4, 0.5) is 0 Å². The van der Waals surface area contributed by atoms with Crippen molar-refractivity contribution in [3.8, 4) is 0 Å². The number of hydrogen-bond acceptors (Lipinski definition) is 4. The highest BCUT2D eigenvalue weighted by atomic mass is 16.5. The van der Waals surface area contributed by atoms with Gasteiger partial charge >= 0.3 is 5.97 Å². The van der Waals surface area contributed by atoms with Crippen molar-refractivity contribution in [3.05, 3.63) is 35.9 Å². The SMILES string of the molecule is CCOC(=O)c1nc(C(=O)C(C)C)n2ccccc12. The fourth-order valence-corrected chi connectivity index (χ4v) is 1.82. The van der Waals surface area contributed by atoms with E-state index in [0.717, 1.165) is 0 Å². The van der Waals surface area contributed by atoms with E-state index in [1.165, 1.54) is 0 Å². The van der Waals surface area contributed by atoms with Crippen LogP contribution in [0.15, 0.2) is 24.4 Å². The lowest BCUT2D eigenvalue weighted by molar-refractivity contribution is 0.0522. The summed E-state index contributed by atoms with van der Waals surface area (Å²) in [6.45, 7) is 5.61. The first-order valence-corrected chi connectivity index (χ1v) is 6.24. The molecule has 19 heavy (non-hydrogen) atoms. The maximum Gasteiger partial charge on any atom is 0.359 e. The molecule has 0 bridgehead atoms. The Balaban J connectivity index is 2.61. The van der Waals surface area contributed by atoms with Gasteiger partial charge in [0.15, 0.2) is 11.5 Å². The molecule has 0 aliphatic rings. The Hall–Kier alpha value is -2.17. The van der Waals surface area contributed by atoms with Gasteiger partial charge in [0.1, 0.15) is 0 Å². The van der Waals surface area contributed by atoms with Crippen molar-refractivity contribution in [2.45, 2.75) is 20.8 Å². The van der Waals surface area contributed by atoms with Crippen LogP contribution in [0.2, 0.25) is 0 Å². The third-order valence-electron chi connectivity index (χ3n) is 2.76. The van der Waals surface area contributed by atoms with Gasteiger partial charge in [0.05, 0.1) is 12.1 Å². The fraction of sp³-hybridized carbons (Fsp3) is 0.357. The summed E-state index contributed by atoms with van der Waals surface area (Å²) in [6, 6.07) is 5.33. The molecule has 0 aliphatic heterocycles. The number of pyridine rings is 1. The first kappa shape index (κ1) is 13.3. The molecule has 0 amide bonds. The van der Waals surface area contributed by atoms with Gasteiger partial charge < -0.3 is 4.74 Å². The Morgan fingerprint density at radius 2 is 2.11 bits per heavy atom. The lowest BCUT2D eigenvalue weighted by atomic mass is 10.1. The van der Waals surface area contributed by atoms with E-state index in [4.69, 9.17) is 4.74 Å². The van der Waals surface area contributed by atoms with Crippen LogP contribution >= 0.6 is 0 Å². The van der Waals surface area contributed by atoms with Crippen molar-refractivity contribution in [3.63, 3.8) is 0 Å². The van der Waals surface area contributed by atoms with E-state index in [1.54, 1.807) is 49.6 Å². The summed E-state index contributed by atoms with van der Waals surface area (Å²) < 4.78 is 6.60. The van der Waals surface area contributed by atoms with Crippen LogP contribution in [0.25, 0.3) is 5.52 Å². The lowest BCUT2D eigenvalue weighted by Crippen LogP contribution is -2.12. The molecule has 2 aromatic heterocycles. The molecule has 2 rings (SSSR count). The van der Waals surface area contributed by atoms with Crippen LogP contribution in [-0.4, -0.2) is 27.7 Å². The number of Topliss-reactive ketones (excluding diaryl/α,β-unsaturated/α-hetero) is 1. The molecule has 0 N–H and O–H groups in total. The molecule has 0 saturated carbocycles. The molecule has 0 fully saturated rings. The van der Waals surface area contributed by atoms with E-state index in [2.05, 4.69) is 4.98 Å². The van der Waals surface area contributed by atoms with Crippen molar-refractivity contribution in [2.24, 2.45) is 5.92 Å². The van der Waals surface area contributed by atoms with Gasteiger partial charge in [0.25, 0.3) is 0 Å². The van der Waals surface area contributed by atoms with Crippen LogP contribution < -0.4 is 0 Å². The Labute approximate surface area is 111 Å². The second kappa shape index (κ2) is 5.22. The molecule has 2 heterocycles. The monoisotopic (exact) mass is 260 g/mol. The zero-order valence-corrected chi connectivity index (χ0v) is 11.2. The van der Waals surface area contributed by atoms with Crippen LogP contribution in [0.5, 0.6) is 0 Å². The summed E-state index contributed by atoms with van der Waals surface area (Å²) >= 11 is 0. The number of rotatable bonds is 4. The van der Waals surface area contributed by atoms with E-state index in [1.807, 2.05) is 0 Å². The largest absolute Gasteiger partial charge is 0.461 e. The number of carbonyl (C=O) groups excluding carboxylic acids is 2. The average molecular weight is 260 g/mol. The number of esters is 1. The van der Waals surface area contributed by atoms with Crippen molar-refractivity contribution in [1.82, 2.24) is 9.38 Å². The quantitative estimate of drug-likeness (QED) is 0.625. The molecule has 0 saturated heterocycles. The Morgan fingerprint density at radius 1 is 1.37 bits per heavy atom. The molecule has 0 aliphatic carbocycles. The predicted octanol–water partition coefficient (Wildman–Crippen LogP) is 2.35. The zero-order chi connectivity index (χ0) is 14.0. The summed E-state index contributed by atoms with van der Waals surface area (Å²) in [7, 11) is 0. The van der Waals surface area contributed by atoms with Gasteiger partial charge in [-0.25, -0.2) is 9.78 Å². The number of ketones is 1. The summed E-state index contributed by atoms with van der Waals surface area (Å²) in [5.74, 6) is -0.514. The molecule has 0 aromatic carbocycles. The first-order valence-electron chi connectivity index (χ1n) is 6.24. The second-order valence-electron chi connectivity index (χ2n) is 4.48. The molecule has 5 nitrogen and oxygen atoms in total. The van der Waals surface area contributed by atoms with Crippen molar-refractivity contribution < 1.29 is 14.3 Å². The number of aromatic nitrogens is 2. The molecular formula is C14H16N2O3. The number of ether oxygens (including phenoxy) is 1. The minimum absolute atomic E-state index is 0.100. The predicted molar refractivity (Wildman–Crippen MR) is 70.3 cm³/mol. The summed E-state index contributed by atoms with van der Waals surface area (Å²) in [5, 5.41) is 0. The summed E-state index contributed by atoms with van der Waals surface area (Å²) in [4.78, 5) is 28.1. The summed E-state index contributed by atoms with van der Waals surface area (Å²) in [5.41, 5.74) is 0.774. The molecule has 0 spiro atoms. The number of nitrogens with zero attached hydrogens (tertiary/aromatic N) is 2. The Bertz CT molecular complexity index is 629. The average Bonchev–Trinajstić information content (AvgIpc) is 2.77. The van der Waals surface area contributed by atoms with E-state index in [9.17, 15) is 9.59 Å². The molecular weight excluding hydrogens is 244 g/mol. The third-order valence-corrected chi connectivity index (χ3v) is 2.76. The highest BCUT2D eigenvalue weighted by Crippen LogP contribution is 2.16. The van der Waals surface area contributed by atoms with Crippen molar-refractivity contribution >= 4 is 17.3 Å². The van der Waals surface area contributed by atoms with E-state index >= 15 is 0 Å². The minimum atomic E-state index is -0.506. The van der Waals surface area contributed by atoms with E-state index in [0.29, 0.717) is 5.52 Å². The second-order valence-corrected chi connectivity index (χ2v) is 4.48. The van der Waals surface area contributed by atoms with Crippen LogP contribution in [-0.2, 0) is 4.74 Å². The van der Waals surface area contributed by atoms with Crippen LogP contribution in [0, 0.1) is 5.92 Å². The zero-order valence-electron chi connectivity index (χ0n) is 11.2. The van der Waals surface area contributed by atoms with E-state index in [-0.39, 0.29) is 29.8 Å². The minimum Gasteiger partial charge on any atom is -0.461 e. The molecule has 0 atom stereocenters. The fourth-order valence-electron chi connectivity index (χ4n) is 1.82.